The summed E-state index contributed by atoms with van der Waals surface area (Å²) in [5.74, 6) is 1.66. The minimum Gasteiger partial charge on any atom is -0.342 e. The number of nitrogens with zero attached hydrogens (tertiary/aromatic N) is 2. The monoisotopic (exact) mass is 245 g/mol. The normalized spacial score (nSPS) is 26.3. The predicted molar refractivity (Wildman–Crippen MR) is 69.0 cm³/mol. The van der Waals surface area contributed by atoms with Crippen LogP contribution in [0, 0.1) is 11.8 Å². The maximum Gasteiger partial charge on any atom is 0.222 e. The molecule has 2 aliphatic heterocycles. The van der Waals surface area contributed by atoms with Gasteiger partial charge in [0.05, 0.1) is 0 Å². The van der Waals surface area contributed by atoms with Crippen LogP contribution in [0.15, 0.2) is 24.4 Å². The van der Waals surface area contributed by atoms with Crippen molar-refractivity contribution in [3.8, 4) is 0 Å². The van der Waals surface area contributed by atoms with Gasteiger partial charge in [-0.1, -0.05) is 6.07 Å². The van der Waals surface area contributed by atoms with Crippen molar-refractivity contribution in [2.75, 3.05) is 26.2 Å². The van der Waals surface area contributed by atoms with E-state index < -0.39 is 0 Å². The molecule has 1 N–H and O–H groups in total. The van der Waals surface area contributed by atoms with Crippen molar-refractivity contribution in [2.24, 2.45) is 11.8 Å². The highest BCUT2D eigenvalue weighted by atomic mass is 16.2. The summed E-state index contributed by atoms with van der Waals surface area (Å²) >= 11 is 0. The van der Waals surface area contributed by atoms with Crippen molar-refractivity contribution in [3.05, 3.63) is 30.1 Å². The summed E-state index contributed by atoms with van der Waals surface area (Å²) in [5, 5.41) is 3.39. The molecule has 1 aromatic rings. The molecule has 96 valence electrons. The van der Waals surface area contributed by atoms with E-state index in [0.717, 1.165) is 38.3 Å². The van der Waals surface area contributed by atoms with Crippen LogP contribution in [-0.4, -0.2) is 42.0 Å². The Balaban J connectivity index is 1.50. The summed E-state index contributed by atoms with van der Waals surface area (Å²) in [5.41, 5.74) is 1.01. The van der Waals surface area contributed by atoms with Gasteiger partial charge in [0.1, 0.15) is 0 Å². The van der Waals surface area contributed by atoms with Gasteiger partial charge in [0.25, 0.3) is 0 Å². The molecule has 0 radical (unpaired) electrons. The molecule has 18 heavy (non-hydrogen) atoms. The van der Waals surface area contributed by atoms with Crippen molar-refractivity contribution < 1.29 is 4.79 Å². The van der Waals surface area contributed by atoms with Crippen LogP contribution < -0.4 is 5.32 Å². The van der Waals surface area contributed by atoms with E-state index in [0.29, 0.717) is 18.3 Å². The Morgan fingerprint density at radius 2 is 2.11 bits per heavy atom. The van der Waals surface area contributed by atoms with Gasteiger partial charge in [0.2, 0.25) is 5.91 Å². The lowest BCUT2D eigenvalue weighted by Gasteiger charge is -2.17. The van der Waals surface area contributed by atoms with Crippen LogP contribution in [0.4, 0.5) is 0 Å². The first-order chi connectivity index (χ1) is 8.83. The number of rotatable bonds is 3. The van der Waals surface area contributed by atoms with Crippen LogP contribution in [0.3, 0.4) is 0 Å². The van der Waals surface area contributed by atoms with E-state index in [-0.39, 0.29) is 5.91 Å². The maximum absolute atomic E-state index is 12.1. The first-order valence-corrected chi connectivity index (χ1v) is 6.71. The van der Waals surface area contributed by atoms with Gasteiger partial charge in [0, 0.05) is 44.5 Å². The molecular weight excluding hydrogens is 226 g/mol. The Labute approximate surface area is 107 Å². The topological polar surface area (TPSA) is 45.2 Å². The first-order valence-electron chi connectivity index (χ1n) is 6.71. The number of hydrogen-bond donors (Lipinski definition) is 1. The van der Waals surface area contributed by atoms with Crippen LogP contribution in [0.1, 0.15) is 12.1 Å². The number of fused-ring (bicyclic) bond motifs is 1. The predicted octanol–water partition coefficient (Wildman–Crippen LogP) is 0.692. The molecule has 3 rings (SSSR count). The fourth-order valence-corrected chi connectivity index (χ4v) is 3.00. The molecule has 0 bridgehead atoms. The number of aryl methyl sites for hydroxylation is 1. The fourth-order valence-electron chi connectivity index (χ4n) is 3.00. The Bertz CT molecular complexity index is 408. The summed E-state index contributed by atoms with van der Waals surface area (Å²) in [7, 11) is 0. The summed E-state index contributed by atoms with van der Waals surface area (Å²) in [6.45, 7) is 4.04. The highest BCUT2D eigenvalue weighted by Gasteiger charge is 2.37. The van der Waals surface area contributed by atoms with E-state index in [9.17, 15) is 4.79 Å². The molecule has 4 heteroatoms. The zero-order valence-corrected chi connectivity index (χ0v) is 10.5. The summed E-state index contributed by atoms with van der Waals surface area (Å²) < 4.78 is 0. The molecule has 1 aromatic heterocycles. The molecule has 2 atom stereocenters. The minimum atomic E-state index is 0.287. The van der Waals surface area contributed by atoms with Gasteiger partial charge in [-0.3, -0.25) is 9.78 Å². The molecule has 2 fully saturated rings. The van der Waals surface area contributed by atoms with Gasteiger partial charge in [-0.2, -0.15) is 0 Å². The van der Waals surface area contributed by atoms with Gasteiger partial charge >= 0.3 is 0 Å². The largest absolute Gasteiger partial charge is 0.342 e. The van der Waals surface area contributed by atoms with Crippen LogP contribution in [0.5, 0.6) is 0 Å². The van der Waals surface area contributed by atoms with E-state index in [4.69, 9.17) is 0 Å². The van der Waals surface area contributed by atoms with Crippen molar-refractivity contribution in [1.29, 1.82) is 0 Å². The van der Waals surface area contributed by atoms with Crippen molar-refractivity contribution >= 4 is 5.91 Å². The third kappa shape index (κ3) is 2.38. The second kappa shape index (κ2) is 5.06. The van der Waals surface area contributed by atoms with Gasteiger partial charge in [-0.25, -0.2) is 0 Å². The van der Waals surface area contributed by atoms with Crippen LogP contribution in [-0.2, 0) is 11.2 Å². The van der Waals surface area contributed by atoms with Crippen molar-refractivity contribution in [2.45, 2.75) is 12.8 Å². The van der Waals surface area contributed by atoms with Gasteiger partial charge in [0.15, 0.2) is 0 Å². The molecule has 4 nitrogen and oxygen atoms in total. The van der Waals surface area contributed by atoms with Gasteiger partial charge in [-0.15, -0.1) is 0 Å². The summed E-state index contributed by atoms with van der Waals surface area (Å²) in [6.07, 6.45) is 3.12. The Kier molecular flexibility index (Phi) is 3.28. The molecule has 2 aliphatic rings. The summed E-state index contributed by atoms with van der Waals surface area (Å²) in [6, 6.07) is 5.86. The molecular formula is C14H19N3O. The quantitative estimate of drug-likeness (QED) is 0.852. The molecule has 0 saturated carbocycles. The third-order valence-electron chi connectivity index (χ3n) is 4.06. The number of hydrogen-bond acceptors (Lipinski definition) is 3. The molecule has 0 spiro atoms. The van der Waals surface area contributed by atoms with Crippen LogP contribution in [0.25, 0.3) is 0 Å². The lowest BCUT2D eigenvalue weighted by atomic mass is 10.0. The highest BCUT2D eigenvalue weighted by molar-refractivity contribution is 5.76. The Morgan fingerprint density at radius 3 is 2.78 bits per heavy atom. The zero-order valence-electron chi connectivity index (χ0n) is 10.5. The zero-order chi connectivity index (χ0) is 12.4. The fraction of sp³-hybridized carbons (Fsp3) is 0.571. The maximum atomic E-state index is 12.1. The van der Waals surface area contributed by atoms with E-state index in [1.54, 1.807) is 6.20 Å². The van der Waals surface area contributed by atoms with Crippen LogP contribution in [0.2, 0.25) is 0 Å². The lowest BCUT2D eigenvalue weighted by molar-refractivity contribution is -0.130. The Hall–Kier alpha value is -1.42. The van der Waals surface area contributed by atoms with Gasteiger partial charge in [-0.05, 0) is 30.4 Å². The number of carbonyl (C=O) groups excluding carboxylic acids is 1. The average Bonchev–Trinajstić information content (AvgIpc) is 2.98. The molecule has 0 aromatic carbocycles. The van der Waals surface area contributed by atoms with Crippen molar-refractivity contribution in [3.63, 3.8) is 0 Å². The number of amides is 1. The number of aromatic nitrogens is 1. The van der Waals surface area contributed by atoms with E-state index in [1.807, 2.05) is 23.1 Å². The van der Waals surface area contributed by atoms with Gasteiger partial charge < -0.3 is 10.2 Å². The minimum absolute atomic E-state index is 0.287. The SMILES string of the molecule is O=C(CCc1ccccn1)N1CC2CNCC2C1. The van der Waals surface area contributed by atoms with E-state index in [2.05, 4.69) is 10.3 Å². The molecule has 1 amide bonds. The summed E-state index contributed by atoms with van der Waals surface area (Å²) in [4.78, 5) is 18.4. The smallest absolute Gasteiger partial charge is 0.222 e. The Morgan fingerprint density at radius 1 is 1.33 bits per heavy atom. The molecule has 0 aliphatic carbocycles. The van der Waals surface area contributed by atoms with E-state index >= 15 is 0 Å². The molecule has 2 unspecified atom stereocenters. The second-order valence-corrected chi connectivity index (χ2v) is 5.30. The van der Waals surface area contributed by atoms with Crippen LogP contribution >= 0.6 is 0 Å². The average molecular weight is 245 g/mol. The standard InChI is InChI=1S/C14H19N3O/c18-14(5-4-13-3-1-2-6-16-13)17-9-11-7-15-8-12(11)10-17/h1-3,6,11-12,15H,4-5,7-10H2. The first kappa shape index (κ1) is 11.7. The molecule has 2 saturated heterocycles. The molecule has 3 heterocycles. The third-order valence-corrected chi connectivity index (χ3v) is 4.06. The number of carbonyl (C=O) groups is 1. The highest BCUT2D eigenvalue weighted by Crippen LogP contribution is 2.26. The second-order valence-electron chi connectivity index (χ2n) is 5.30. The van der Waals surface area contributed by atoms with Crippen molar-refractivity contribution in [1.82, 2.24) is 15.2 Å². The van der Waals surface area contributed by atoms with E-state index in [1.165, 1.54) is 0 Å². The number of pyridine rings is 1. The number of nitrogens with one attached hydrogen (secondary N) is 1. The number of likely N-dealkylation sites (tertiary alicyclic amines) is 1. The lowest BCUT2D eigenvalue weighted by Crippen LogP contribution is -2.32.